The minimum Gasteiger partial charge on any atom is -0.392 e. The lowest BCUT2D eigenvalue weighted by Gasteiger charge is -2.08. The summed E-state index contributed by atoms with van der Waals surface area (Å²) in [5.41, 5.74) is 3.97. The normalized spacial score (nSPS) is 10.3. The number of nitrogens with zero attached hydrogens (tertiary/aromatic N) is 2. The summed E-state index contributed by atoms with van der Waals surface area (Å²) < 4.78 is 13.7. The molecule has 4 N–H and O–H groups in total. The summed E-state index contributed by atoms with van der Waals surface area (Å²) in [7, 11) is 0. The van der Waals surface area contributed by atoms with Crippen LogP contribution in [0.15, 0.2) is 24.5 Å². The number of H-pyrrole nitrogens is 1. The van der Waals surface area contributed by atoms with Crippen LogP contribution in [0.3, 0.4) is 0 Å². The molecule has 2 rings (SSSR count). The number of nitro benzene ring substituents is 1. The van der Waals surface area contributed by atoms with Crippen molar-refractivity contribution < 1.29 is 14.1 Å². The van der Waals surface area contributed by atoms with Gasteiger partial charge in [-0.15, -0.1) is 0 Å². The summed E-state index contributed by atoms with van der Waals surface area (Å²) >= 11 is 0. The summed E-state index contributed by atoms with van der Waals surface area (Å²) in [5, 5.41) is 13.2. The predicted molar refractivity (Wildman–Crippen MR) is 72.1 cm³/mol. The van der Waals surface area contributed by atoms with Crippen molar-refractivity contribution in [2.45, 2.75) is 6.42 Å². The molecule has 0 spiro atoms. The molecule has 0 fully saturated rings. The number of hydrogen-bond donors (Lipinski definition) is 3. The fraction of sp³-hybridized carbons (Fsp3) is 0.167. The summed E-state index contributed by atoms with van der Waals surface area (Å²) in [6, 6.07) is 1.76. The van der Waals surface area contributed by atoms with Gasteiger partial charge in [0.05, 0.1) is 4.92 Å². The van der Waals surface area contributed by atoms with E-state index in [9.17, 15) is 19.3 Å². The van der Waals surface area contributed by atoms with Gasteiger partial charge in [-0.25, -0.2) is 9.37 Å². The Labute approximate surface area is 118 Å². The van der Waals surface area contributed by atoms with Crippen LogP contribution in [0.5, 0.6) is 0 Å². The molecule has 0 aliphatic carbocycles. The van der Waals surface area contributed by atoms with E-state index in [4.69, 9.17) is 5.73 Å². The van der Waals surface area contributed by atoms with Crippen LogP contribution in [0.2, 0.25) is 0 Å². The van der Waals surface area contributed by atoms with Crippen LogP contribution in [-0.4, -0.2) is 27.3 Å². The van der Waals surface area contributed by atoms with Crippen molar-refractivity contribution >= 4 is 17.3 Å². The van der Waals surface area contributed by atoms with E-state index in [1.165, 1.54) is 0 Å². The van der Waals surface area contributed by atoms with Crippen LogP contribution in [0, 0.1) is 15.9 Å². The number of nitro groups is 1. The molecule has 0 aliphatic rings. The molecule has 1 aromatic heterocycles. The second-order valence-electron chi connectivity index (χ2n) is 4.15. The largest absolute Gasteiger partial charge is 0.392 e. The Morgan fingerprint density at radius 2 is 2.29 bits per heavy atom. The SMILES string of the molecule is Nc1c([N+](=O)[O-])ccc(F)c1C(=O)NCCc1ncc[nH]1. The highest BCUT2D eigenvalue weighted by Gasteiger charge is 2.23. The Bertz CT molecular complexity index is 672. The number of imidazole rings is 1. The number of carbonyl (C=O) groups excluding carboxylic acids is 1. The lowest BCUT2D eigenvalue weighted by molar-refractivity contribution is -0.384. The Hall–Kier alpha value is -2.97. The highest BCUT2D eigenvalue weighted by Crippen LogP contribution is 2.27. The first-order valence-electron chi connectivity index (χ1n) is 5.99. The number of carbonyl (C=O) groups is 1. The number of nitrogen functional groups attached to an aromatic ring is 1. The Morgan fingerprint density at radius 3 is 2.90 bits per heavy atom. The molecule has 0 saturated carbocycles. The number of amides is 1. The molecule has 0 unspecified atom stereocenters. The second-order valence-corrected chi connectivity index (χ2v) is 4.15. The monoisotopic (exact) mass is 293 g/mol. The molecule has 1 aromatic carbocycles. The standard InChI is InChI=1S/C12H12FN5O3/c13-7-1-2-8(18(20)21)11(14)10(7)12(19)17-4-3-9-15-5-6-16-9/h1-2,5-6H,3-4,14H2,(H,15,16)(H,17,19). The summed E-state index contributed by atoms with van der Waals surface area (Å²) in [5.74, 6) is -1.06. The number of benzene rings is 1. The van der Waals surface area contributed by atoms with Crippen LogP contribution in [0.1, 0.15) is 16.2 Å². The van der Waals surface area contributed by atoms with Crippen molar-refractivity contribution in [1.29, 1.82) is 0 Å². The molecule has 0 saturated heterocycles. The van der Waals surface area contributed by atoms with E-state index in [-0.39, 0.29) is 6.54 Å². The molecule has 8 nitrogen and oxygen atoms in total. The quantitative estimate of drug-likeness (QED) is 0.430. The number of rotatable bonds is 5. The number of halogens is 1. The Kier molecular flexibility index (Phi) is 4.12. The maximum Gasteiger partial charge on any atom is 0.293 e. The molecule has 1 heterocycles. The molecule has 2 aromatic rings. The van der Waals surface area contributed by atoms with Gasteiger partial charge >= 0.3 is 0 Å². The first kappa shape index (κ1) is 14.4. The van der Waals surface area contributed by atoms with Crippen LogP contribution in [0.4, 0.5) is 15.8 Å². The molecular weight excluding hydrogens is 281 g/mol. The van der Waals surface area contributed by atoms with E-state index in [2.05, 4.69) is 15.3 Å². The fourth-order valence-corrected chi connectivity index (χ4v) is 1.79. The maximum atomic E-state index is 13.7. The number of nitrogens with two attached hydrogens (primary N) is 1. The average molecular weight is 293 g/mol. The predicted octanol–water partition coefficient (Wildman–Crippen LogP) is 1.01. The first-order valence-corrected chi connectivity index (χ1v) is 5.99. The van der Waals surface area contributed by atoms with Crippen molar-refractivity contribution in [2.24, 2.45) is 0 Å². The van der Waals surface area contributed by atoms with Gasteiger partial charge in [-0.05, 0) is 6.07 Å². The van der Waals surface area contributed by atoms with Gasteiger partial charge < -0.3 is 16.0 Å². The molecule has 0 aliphatic heterocycles. The third-order valence-electron chi connectivity index (χ3n) is 2.80. The third kappa shape index (κ3) is 3.14. The van der Waals surface area contributed by atoms with Gasteiger partial charge in [-0.3, -0.25) is 14.9 Å². The van der Waals surface area contributed by atoms with Gasteiger partial charge in [0.1, 0.15) is 22.9 Å². The molecule has 0 bridgehead atoms. The zero-order valence-electron chi connectivity index (χ0n) is 10.8. The van der Waals surface area contributed by atoms with Crippen LogP contribution < -0.4 is 11.1 Å². The topological polar surface area (TPSA) is 127 Å². The Balaban J connectivity index is 2.11. The van der Waals surface area contributed by atoms with Crippen LogP contribution in [0.25, 0.3) is 0 Å². The van der Waals surface area contributed by atoms with Crippen LogP contribution >= 0.6 is 0 Å². The second kappa shape index (κ2) is 5.99. The van der Waals surface area contributed by atoms with E-state index in [1.54, 1.807) is 12.4 Å². The zero-order chi connectivity index (χ0) is 15.4. The van der Waals surface area contributed by atoms with Gasteiger partial charge in [-0.1, -0.05) is 0 Å². The number of aromatic amines is 1. The summed E-state index contributed by atoms with van der Waals surface area (Å²) in [4.78, 5) is 28.7. The Morgan fingerprint density at radius 1 is 1.52 bits per heavy atom. The molecule has 1 amide bonds. The zero-order valence-corrected chi connectivity index (χ0v) is 10.8. The molecule has 0 atom stereocenters. The summed E-state index contributed by atoms with van der Waals surface area (Å²) in [6.45, 7) is 0.188. The van der Waals surface area contributed by atoms with E-state index in [0.29, 0.717) is 12.2 Å². The van der Waals surface area contributed by atoms with Crippen molar-refractivity contribution in [3.63, 3.8) is 0 Å². The molecule has 9 heteroatoms. The van der Waals surface area contributed by atoms with E-state index in [0.717, 1.165) is 12.1 Å². The highest BCUT2D eigenvalue weighted by molar-refractivity contribution is 6.01. The third-order valence-corrected chi connectivity index (χ3v) is 2.80. The highest BCUT2D eigenvalue weighted by atomic mass is 19.1. The maximum absolute atomic E-state index is 13.7. The van der Waals surface area contributed by atoms with Gasteiger partial charge in [0.2, 0.25) is 0 Å². The number of nitrogens with one attached hydrogen (secondary N) is 2. The molecule has 110 valence electrons. The molecule has 21 heavy (non-hydrogen) atoms. The lowest BCUT2D eigenvalue weighted by atomic mass is 10.1. The number of aromatic nitrogens is 2. The minimum atomic E-state index is -0.909. The summed E-state index contributed by atoms with van der Waals surface area (Å²) in [6.07, 6.45) is 3.61. The molecular formula is C12H12FN5O3. The van der Waals surface area contributed by atoms with Crippen molar-refractivity contribution in [3.8, 4) is 0 Å². The van der Waals surface area contributed by atoms with E-state index < -0.39 is 33.6 Å². The molecule has 0 radical (unpaired) electrons. The number of hydrogen-bond acceptors (Lipinski definition) is 5. The average Bonchev–Trinajstić information content (AvgIpc) is 2.91. The van der Waals surface area contributed by atoms with Crippen molar-refractivity contribution in [2.75, 3.05) is 12.3 Å². The smallest absolute Gasteiger partial charge is 0.293 e. The van der Waals surface area contributed by atoms with Gasteiger partial charge in [0, 0.05) is 31.4 Å². The van der Waals surface area contributed by atoms with Gasteiger partial charge in [0.15, 0.2) is 0 Å². The van der Waals surface area contributed by atoms with Gasteiger partial charge in [-0.2, -0.15) is 0 Å². The minimum absolute atomic E-state index is 0.188. The lowest BCUT2D eigenvalue weighted by Crippen LogP contribution is -2.28. The van der Waals surface area contributed by atoms with Gasteiger partial charge in [0.25, 0.3) is 11.6 Å². The van der Waals surface area contributed by atoms with E-state index in [1.807, 2.05) is 0 Å². The first-order chi connectivity index (χ1) is 10.0. The van der Waals surface area contributed by atoms with E-state index >= 15 is 0 Å². The van der Waals surface area contributed by atoms with Crippen molar-refractivity contribution in [3.05, 3.63) is 51.8 Å². The number of anilines is 1. The van der Waals surface area contributed by atoms with Crippen LogP contribution in [-0.2, 0) is 6.42 Å². The van der Waals surface area contributed by atoms with Crippen molar-refractivity contribution in [1.82, 2.24) is 15.3 Å². The fourth-order valence-electron chi connectivity index (χ4n) is 1.79.